The van der Waals surface area contributed by atoms with Crippen LogP contribution in [0.2, 0.25) is 3.71 Å². The zero-order valence-electron chi connectivity index (χ0n) is 12.5. The van der Waals surface area contributed by atoms with Crippen LogP contribution in [0.15, 0.2) is 60.7 Å². The van der Waals surface area contributed by atoms with Crippen LogP contribution in [0.5, 0.6) is 0 Å². The molecule has 0 saturated carbocycles. The van der Waals surface area contributed by atoms with Gasteiger partial charge in [-0.3, -0.25) is 4.79 Å². The molecule has 2 N–H and O–H groups in total. The van der Waals surface area contributed by atoms with Crippen LogP contribution in [0.4, 0.5) is 0 Å². The van der Waals surface area contributed by atoms with E-state index in [1.165, 1.54) is 8.92 Å². The molecule has 0 radical (unpaired) electrons. The van der Waals surface area contributed by atoms with Gasteiger partial charge in [-0.25, -0.2) is 0 Å². The number of carboxylic acids is 1. The van der Waals surface area contributed by atoms with Gasteiger partial charge in [0.25, 0.3) is 5.97 Å². The second-order valence-electron chi connectivity index (χ2n) is 4.49. The van der Waals surface area contributed by atoms with E-state index in [4.69, 9.17) is 9.90 Å². The average Bonchev–Trinajstić information content (AvgIpc) is 2.48. The van der Waals surface area contributed by atoms with Gasteiger partial charge < -0.3 is 5.11 Å². The Bertz CT molecular complexity index is 499. The van der Waals surface area contributed by atoms with Gasteiger partial charge in [0.2, 0.25) is 0 Å². The van der Waals surface area contributed by atoms with Crippen molar-refractivity contribution in [3.8, 4) is 0 Å². The summed E-state index contributed by atoms with van der Waals surface area (Å²) in [4.78, 5) is 9.00. The van der Waals surface area contributed by atoms with Crippen LogP contribution < -0.4 is 8.92 Å². The van der Waals surface area contributed by atoms with Crippen molar-refractivity contribution >= 4 is 44.8 Å². The molecule has 0 spiro atoms. The van der Waals surface area contributed by atoms with E-state index in [2.05, 4.69) is 48.5 Å². The number of aliphatic hydroxyl groups excluding tert-OH is 1. The third kappa shape index (κ3) is 8.38. The molecule has 118 valence electrons. The Kier molecular flexibility index (Phi) is 9.14. The standard InChI is InChI=1S/C15H16OSe2.C2H4O2/c1-12(16)15(17-13-8-4-2-5-9-13)18-14-10-6-3-7-11-14;1-2(3)4/h2-12,15-16H,1H3;1H3,(H,3,4). The summed E-state index contributed by atoms with van der Waals surface area (Å²) in [6, 6.07) is 21.0. The van der Waals surface area contributed by atoms with Crippen LogP contribution in [-0.4, -0.2) is 52.2 Å². The number of hydrogen-bond donors (Lipinski definition) is 2. The minimum absolute atomic E-state index is 0.231. The van der Waals surface area contributed by atoms with Gasteiger partial charge in [0.05, 0.1) is 0 Å². The topological polar surface area (TPSA) is 57.5 Å². The van der Waals surface area contributed by atoms with E-state index in [0.29, 0.717) is 33.6 Å². The first-order chi connectivity index (χ1) is 10.5. The molecule has 0 aliphatic heterocycles. The van der Waals surface area contributed by atoms with Gasteiger partial charge in [-0.2, -0.15) is 0 Å². The van der Waals surface area contributed by atoms with Crippen molar-refractivity contribution < 1.29 is 15.0 Å². The summed E-state index contributed by atoms with van der Waals surface area (Å²) in [6.45, 7) is 3.00. The van der Waals surface area contributed by atoms with E-state index < -0.39 is 5.97 Å². The first-order valence-corrected chi connectivity index (χ1v) is 10.5. The molecule has 3 nitrogen and oxygen atoms in total. The van der Waals surface area contributed by atoms with Crippen molar-refractivity contribution in [2.75, 3.05) is 0 Å². The summed E-state index contributed by atoms with van der Waals surface area (Å²) in [5.41, 5.74) is 0. The number of aliphatic hydroxyl groups is 1. The van der Waals surface area contributed by atoms with Gasteiger partial charge >= 0.3 is 121 Å². The molecule has 0 aromatic heterocycles. The molecule has 1 unspecified atom stereocenters. The molecule has 2 aromatic carbocycles. The van der Waals surface area contributed by atoms with Crippen molar-refractivity contribution in [1.29, 1.82) is 0 Å². The molecule has 0 heterocycles. The number of carbonyl (C=O) groups is 1. The molecule has 5 heteroatoms. The second-order valence-corrected chi connectivity index (χ2v) is 11.1. The number of benzene rings is 2. The molecular weight excluding hydrogens is 410 g/mol. The van der Waals surface area contributed by atoms with Crippen molar-refractivity contribution in [2.24, 2.45) is 0 Å². The maximum absolute atomic E-state index is 9.97. The summed E-state index contributed by atoms with van der Waals surface area (Å²) in [5, 5.41) is 17.4. The maximum atomic E-state index is 9.97. The third-order valence-corrected chi connectivity index (χ3v) is 9.39. The Morgan fingerprint density at radius 2 is 1.23 bits per heavy atom. The fourth-order valence-electron chi connectivity index (χ4n) is 1.49. The van der Waals surface area contributed by atoms with Crippen molar-refractivity contribution in [3.63, 3.8) is 0 Å². The second kappa shape index (κ2) is 10.6. The molecule has 0 saturated heterocycles. The van der Waals surface area contributed by atoms with Gasteiger partial charge in [-0.05, 0) is 0 Å². The number of aliphatic carboxylic acids is 1. The average molecular weight is 430 g/mol. The summed E-state index contributed by atoms with van der Waals surface area (Å²) < 4.78 is 3.14. The van der Waals surface area contributed by atoms with E-state index in [1.807, 2.05) is 19.1 Å². The van der Waals surface area contributed by atoms with Gasteiger partial charge in [0.1, 0.15) is 0 Å². The van der Waals surface area contributed by atoms with Crippen molar-refractivity contribution in [3.05, 3.63) is 60.7 Å². The molecule has 0 aliphatic rings. The Hall–Kier alpha value is -1.09. The van der Waals surface area contributed by atoms with E-state index in [-0.39, 0.29) is 6.10 Å². The van der Waals surface area contributed by atoms with Gasteiger partial charge in [0.15, 0.2) is 0 Å². The number of rotatable bonds is 5. The molecule has 0 bridgehead atoms. The predicted octanol–water partition coefficient (Wildman–Crippen LogP) is 1.26. The van der Waals surface area contributed by atoms with Crippen LogP contribution in [-0.2, 0) is 4.79 Å². The summed E-state index contributed by atoms with van der Waals surface area (Å²) >= 11 is 0.677. The molecular formula is C17H20O3Se2. The minimum atomic E-state index is -0.833. The van der Waals surface area contributed by atoms with Crippen LogP contribution in [0.25, 0.3) is 0 Å². The van der Waals surface area contributed by atoms with Crippen LogP contribution >= 0.6 is 0 Å². The van der Waals surface area contributed by atoms with E-state index in [9.17, 15) is 5.11 Å². The fourth-order valence-corrected chi connectivity index (χ4v) is 7.81. The normalized spacial score (nSPS) is 11.5. The molecule has 2 rings (SSSR count). The zero-order chi connectivity index (χ0) is 16.4. The van der Waals surface area contributed by atoms with E-state index in [1.54, 1.807) is 0 Å². The summed E-state index contributed by atoms with van der Waals surface area (Å²) in [7, 11) is 0. The van der Waals surface area contributed by atoms with Crippen LogP contribution in [0.1, 0.15) is 13.8 Å². The Morgan fingerprint density at radius 3 is 1.50 bits per heavy atom. The molecule has 1 atom stereocenters. The quantitative estimate of drug-likeness (QED) is 0.703. The first kappa shape index (κ1) is 19.0. The SMILES string of the molecule is CC(=O)O.CC(O)C([Se]c1ccccc1)[Se]c1ccccc1. The monoisotopic (exact) mass is 432 g/mol. The molecule has 22 heavy (non-hydrogen) atoms. The molecule has 2 aromatic rings. The van der Waals surface area contributed by atoms with E-state index in [0.717, 1.165) is 6.92 Å². The molecule has 0 amide bonds. The molecule has 0 aliphatic carbocycles. The van der Waals surface area contributed by atoms with Crippen molar-refractivity contribution in [2.45, 2.75) is 23.7 Å². The van der Waals surface area contributed by atoms with Crippen LogP contribution in [0, 0.1) is 0 Å². The predicted molar refractivity (Wildman–Crippen MR) is 92.4 cm³/mol. The Balaban J connectivity index is 0.000000541. The Morgan fingerprint density at radius 1 is 0.909 bits per heavy atom. The van der Waals surface area contributed by atoms with E-state index >= 15 is 0 Å². The first-order valence-electron chi connectivity index (χ1n) is 6.80. The Labute approximate surface area is 144 Å². The summed E-state index contributed by atoms with van der Waals surface area (Å²) in [5.74, 6) is -0.833. The van der Waals surface area contributed by atoms with Gasteiger partial charge in [0, 0.05) is 6.92 Å². The number of carboxylic acid groups (broad SMARTS) is 1. The van der Waals surface area contributed by atoms with Crippen molar-refractivity contribution in [1.82, 2.24) is 0 Å². The number of hydrogen-bond acceptors (Lipinski definition) is 2. The molecule has 0 fully saturated rings. The van der Waals surface area contributed by atoms with Gasteiger partial charge in [-0.1, -0.05) is 0 Å². The third-order valence-electron chi connectivity index (χ3n) is 2.38. The van der Waals surface area contributed by atoms with Gasteiger partial charge in [-0.15, -0.1) is 0 Å². The zero-order valence-corrected chi connectivity index (χ0v) is 16.0. The van der Waals surface area contributed by atoms with Crippen LogP contribution in [0.3, 0.4) is 0 Å². The fraction of sp³-hybridized carbons (Fsp3) is 0.235. The summed E-state index contributed by atoms with van der Waals surface area (Å²) in [6.07, 6.45) is -0.231.